The molecule has 0 saturated heterocycles. The predicted octanol–water partition coefficient (Wildman–Crippen LogP) is 4.75. The molecule has 13 heteroatoms. The van der Waals surface area contributed by atoms with E-state index in [0.717, 1.165) is 12.1 Å². The van der Waals surface area contributed by atoms with Crippen LogP contribution < -0.4 is 0 Å². The second kappa shape index (κ2) is 7.79. The average molecular weight is 484 g/mol. The van der Waals surface area contributed by atoms with E-state index in [-0.39, 0.29) is 27.2 Å². The lowest BCUT2D eigenvalue weighted by atomic mass is 9.95. The third kappa shape index (κ3) is 3.69. The van der Waals surface area contributed by atoms with Crippen molar-refractivity contribution in [2.75, 3.05) is 14.1 Å². The van der Waals surface area contributed by atoms with Crippen molar-refractivity contribution in [3.05, 3.63) is 51.3 Å². The number of nitriles is 1. The number of benzene rings is 1. The van der Waals surface area contributed by atoms with E-state index >= 15 is 0 Å². The molecule has 0 N–H and O–H groups in total. The largest absolute Gasteiger partial charge is 0.427 e. The molecule has 3 aromatic rings. The van der Waals surface area contributed by atoms with Gasteiger partial charge in [0.2, 0.25) is 12.3 Å². The monoisotopic (exact) mass is 483 g/mol. The first kappa shape index (κ1) is 22.1. The molecule has 1 aliphatic carbocycles. The number of nitrogens with zero attached hydrogens (tertiary/aromatic N) is 7. The molecule has 0 amide bonds. The van der Waals surface area contributed by atoms with Crippen LogP contribution in [0, 0.1) is 11.3 Å². The number of aromatic nitrogens is 4. The maximum absolute atomic E-state index is 13.2. The van der Waals surface area contributed by atoms with Crippen LogP contribution in [-0.4, -0.2) is 45.3 Å². The van der Waals surface area contributed by atoms with Gasteiger partial charge in [0.25, 0.3) is 0 Å². The second-order valence-electron chi connectivity index (χ2n) is 7.39. The number of alkyl halides is 3. The van der Waals surface area contributed by atoms with Gasteiger partial charge in [0.15, 0.2) is 11.5 Å². The van der Waals surface area contributed by atoms with Crippen molar-refractivity contribution < 1.29 is 17.6 Å². The van der Waals surface area contributed by atoms with Gasteiger partial charge in [0, 0.05) is 14.1 Å². The Hall–Kier alpha value is -3.10. The van der Waals surface area contributed by atoms with Gasteiger partial charge < -0.3 is 9.32 Å². The highest BCUT2D eigenvalue weighted by Crippen LogP contribution is 2.57. The molecule has 1 aliphatic rings. The van der Waals surface area contributed by atoms with Crippen LogP contribution >= 0.6 is 23.2 Å². The van der Waals surface area contributed by atoms with E-state index < -0.39 is 17.2 Å². The third-order valence-corrected chi connectivity index (χ3v) is 5.51. The highest BCUT2D eigenvalue weighted by atomic mass is 35.5. The van der Waals surface area contributed by atoms with Gasteiger partial charge in [-0.05, 0) is 25.0 Å². The molecule has 0 bridgehead atoms. The Morgan fingerprint density at radius 3 is 2.41 bits per heavy atom. The summed E-state index contributed by atoms with van der Waals surface area (Å²) in [6.07, 6.45) is -0.809. The van der Waals surface area contributed by atoms with Crippen LogP contribution in [0.3, 0.4) is 0 Å². The molecule has 0 aliphatic heterocycles. The fourth-order valence-electron chi connectivity index (χ4n) is 3.38. The lowest BCUT2D eigenvalue weighted by Crippen LogP contribution is -2.12. The summed E-state index contributed by atoms with van der Waals surface area (Å²) < 4.78 is 46.1. The van der Waals surface area contributed by atoms with E-state index in [1.165, 1.54) is 17.4 Å². The van der Waals surface area contributed by atoms with Crippen molar-refractivity contribution in [2.45, 2.75) is 24.4 Å². The first-order valence-corrected chi connectivity index (χ1v) is 9.91. The van der Waals surface area contributed by atoms with E-state index in [2.05, 4.69) is 20.3 Å². The summed E-state index contributed by atoms with van der Waals surface area (Å²) in [5.41, 5.74) is -1.42. The smallest absolute Gasteiger partial charge is 0.416 e. The molecule has 1 fully saturated rings. The molecule has 0 unspecified atom stereocenters. The lowest BCUT2D eigenvalue weighted by Gasteiger charge is -2.15. The van der Waals surface area contributed by atoms with E-state index in [1.54, 1.807) is 19.0 Å². The van der Waals surface area contributed by atoms with Crippen LogP contribution in [0.25, 0.3) is 5.69 Å². The predicted molar refractivity (Wildman–Crippen MR) is 109 cm³/mol. The van der Waals surface area contributed by atoms with E-state index in [4.69, 9.17) is 27.6 Å². The Balaban J connectivity index is 1.99. The minimum absolute atomic E-state index is 0.00126. The summed E-state index contributed by atoms with van der Waals surface area (Å²) >= 11 is 12.4. The van der Waals surface area contributed by atoms with Crippen molar-refractivity contribution in [3.8, 4) is 11.8 Å². The van der Waals surface area contributed by atoms with Gasteiger partial charge in [-0.25, -0.2) is 9.67 Å². The second-order valence-corrected chi connectivity index (χ2v) is 8.21. The van der Waals surface area contributed by atoms with Gasteiger partial charge in [0.1, 0.15) is 11.8 Å². The maximum atomic E-state index is 13.2. The van der Waals surface area contributed by atoms with Crippen molar-refractivity contribution in [2.24, 2.45) is 4.99 Å². The molecule has 2 heterocycles. The normalized spacial score (nSPS) is 15.2. The molecule has 32 heavy (non-hydrogen) atoms. The highest BCUT2D eigenvalue weighted by Gasteiger charge is 2.55. The molecule has 0 radical (unpaired) electrons. The van der Waals surface area contributed by atoms with Gasteiger partial charge in [-0.3, -0.25) is 0 Å². The zero-order chi connectivity index (χ0) is 23.3. The summed E-state index contributed by atoms with van der Waals surface area (Å²) in [6, 6.07) is 3.52. The third-order valence-electron chi connectivity index (χ3n) is 4.93. The minimum atomic E-state index is -4.64. The molecule has 166 valence electrons. The highest BCUT2D eigenvalue weighted by molar-refractivity contribution is 6.38. The Labute approximate surface area is 189 Å². The molecule has 4 rings (SSSR count). The van der Waals surface area contributed by atoms with Crippen LogP contribution in [0.15, 0.2) is 27.9 Å². The van der Waals surface area contributed by atoms with Gasteiger partial charge in [-0.15, -0.1) is 10.2 Å². The SMILES string of the molecule is CN(C)C=Nc1c(C2(c3nnco3)CC2)c(C#N)nn1-c1c(Cl)cc(C(F)(F)F)cc1Cl. The lowest BCUT2D eigenvalue weighted by molar-refractivity contribution is -0.137. The molecule has 8 nitrogen and oxygen atoms in total. The summed E-state index contributed by atoms with van der Waals surface area (Å²) in [4.78, 5) is 6.09. The average Bonchev–Trinajstić information content (AvgIpc) is 3.15. The number of rotatable bonds is 5. The number of halogens is 5. The van der Waals surface area contributed by atoms with E-state index in [9.17, 15) is 18.4 Å². The Morgan fingerprint density at radius 2 is 1.94 bits per heavy atom. The van der Waals surface area contributed by atoms with Crippen molar-refractivity contribution in [1.82, 2.24) is 24.9 Å². The van der Waals surface area contributed by atoms with E-state index in [1.807, 2.05) is 6.07 Å². The van der Waals surface area contributed by atoms with Gasteiger partial charge in [0.05, 0.1) is 32.9 Å². The standard InChI is InChI=1S/C19H14Cl2F3N7O/c1-30(2)8-26-16-14(18(3-4-18)17-28-27-9-32-17)13(7-25)29-31(16)15-11(20)5-10(6-12(15)21)19(22,23)24/h5-6,8-9H,3-4H2,1-2H3. The molecule has 2 aromatic heterocycles. The van der Waals surface area contributed by atoms with Crippen LogP contribution in [0.2, 0.25) is 10.0 Å². The van der Waals surface area contributed by atoms with Crippen LogP contribution in [-0.2, 0) is 11.6 Å². The minimum Gasteiger partial charge on any atom is -0.427 e. The maximum Gasteiger partial charge on any atom is 0.416 e. The summed E-state index contributed by atoms with van der Waals surface area (Å²) in [6.45, 7) is 0. The van der Waals surface area contributed by atoms with Crippen LogP contribution in [0.5, 0.6) is 0 Å². The van der Waals surface area contributed by atoms with Gasteiger partial charge in [-0.1, -0.05) is 23.2 Å². The van der Waals surface area contributed by atoms with Crippen molar-refractivity contribution in [3.63, 3.8) is 0 Å². The van der Waals surface area contributed by atoms with E-state index in [0.29, 0.717) is 24.3 Å². The van der Waals surface area contributed by atoms with Crippen LogP contribution in [0.4, 0.5) is 19.0 Å². The van der Waals surface area contributed by atoms with Gasteiger partial charge in [-0.2, -0.15) is 23.5 Å². The molecule has 0 atom stereocenters. The zero-order valence-corrected chi connectivity index (χ0v) is 18.2. The topological polar surface area (TPSA) is 96.1 Å². The Kier molecular flexibility index (Phi) is 5.38. The van der Waals surface area contributed by atoms with Gasteiger partial charge >= 0.3 is 6.18 Å². The summed E-state index contributed by atoms with van der Waals surface area (Å²) in [5, 5.41) is 21.2. The molecular formula is C19H14Cl2F3N7O. The molecule has 1 aromatic carbocycles. The first-order valence-electron chi connectivity index (χ1n) is 9.16. The Morgan fingerprint density at radius 1 is 1.28 bits per heavy atom. The van der Waals surface area contributed by atoms with Crippen molar-refractivity contribution in [1.29, 1.82) is 5.26 Å². The fourth-order valence-corrected chi connectivity index (χ4v) is 4.03. The molecular weight excluding hydrogens is 470 g/mol. The molecule has 1 saturated carbocycles. The Bertz CT molecular complexity index is 1220. The summed E-state index contributed by atoms with van der Waals surface area (Å²) in [5.74, 6) is 0.467. The first-order chi connectivity index (χ1) is 15.1. The zero-order valence-electron chi connectivity index (χ0n) is 16.7. The number of aliphatic imine (C=N–C) groups is 1. The quantitative estimate of drug-likeness (QED) is 0.383. The van der Waals surface area contributed by atoms with Crippen LogP contribution in [0.1, 0.15) is 35.6 Å². The van der Waals surface area contributed by atoms with Crippen molar-refractivity contribution >= 4 is 35.4 Å². The fraction of sp³-hybridized carbons (Fsp3) is 0.316. The number of hydrogen-bond donors (Lipinski definition) is 0. The number of hydrogen-bond acceptors (Lipinski definition) is 6. The molecule has 0 spiro atoms. The summed E-state index contributed by atoms with van der Waals surface area (Å²) in [7, 11) is 3.47.